The van der Waals surface area contributed by atoms with Crippen molar-refractivity contribution >= 4 is 5.69 Å². The van der Waals surface area contributed by atoms with E-state index < -0.39 is 0 Å². The molecule has 0 radical (unpaired) electrons. The Bertz CT molecular complexity index is 893. The number of hydrogen-bond donors (Lipinski definition) is 0. The fraction of sp³-hybridized carbons (Fsp3) is 0.300. The average Bonchev–Trinajstić information content (AvgIpc) is 3.30. The van der Waals surface area contributed by atoms with Gasteiger partial charge in [0.05, 0.1) is 32.1 Å². The first-order chi connectivity index (χ1) is 12.7. The van der Waals surface area contributed by atoms with Crippen molar-refractivity contribution in [3.63, 3.8) is 0 Å². The van der Waals surface area contributed by atoms with Crippen LogP contribution in [-0.2, 0) is 11.3 Å². The Morgan fingerprint density at radius 1 is 1.19 bits per heavy atom. The molecule has 2 heterocycles. The lowest BCUT2D eigenvalue weighted by Crippen LogP contribution is -2.24. The molecular weight excluding hydrogens is 328 g/mol. The zero-order chi connectivity index (χ0) is 17.9. The van der Waals surface area contributed by atoms with Crippen LogP contribution in [0.4, 0.5) is 5.69 Å². The monoisotopic (exact) mass is 350 g/mol. The van der Waals surface area contributed by atoms with Crippen LogP contribution in [0.2, 0.25) is 0 Å². The molecule has 0 saturated carbocycles. The summed E-state index contributed by atoms with van der Waals surface area (Å²) in [4.78, 5) is 2.17. The molecule has 0 unspecified atom stereocenters. The SMILES string of the molecule is COc1ccccc1N1CCO[C@H]1c1cn(Cc2cccc(C)c2)nn1. The summed E-state index contributed by atoms with van der Waals surface area (Å²) in [6.07, 6.45) is 1.71. The molecule has 6 heteroatoms. The Morgan fingerprint density at radius 2 is 2.08 bits per heavy atom. The van der Waals surface area contributed by atoms with E-state index in [4.69, 9.17) is 9.47 Å². The number of anilines is 1. The summed E-state index contributed by atoms with van der Waals surface area (Å²) in [6, 6.07) is 16.4. The van der Waals surface area contributed by atoms with E-state index in [0.29, 0.717) is 13.2 Å². The number of hydrogen-bond acceptors (Lipinski definition) is 5. The summed E-state index contributed by atoms with van der Waals surface area (Å²) in [6.45, 7) is 4.22. The van der Waals surface area contributed by atoms with Crippen molar-refractivity contribution in [3.8, 4) is 5.75 Å². The van der Waals surface area contributed by atoms with Gasteiger partial charge in [-0.3, -0.25) is 0 Å². The quantitative estimate of drug-likeness (QED) is 0.707. The van der Waals surface area contributed by atoms with E-state index in [9.17, 15) is 0 Å². The molecule has 1 saturated heterocycles. The molecule has 2 aromatic carbocycles. The van der Waals surface area contributed by atoms with Gasteiger partial charge in [-0.25, -0.2) is 4.68 Å². The van der Waals surface area contributed by atoms with E-state index in [0.717, 1.165) is 23.7 Å². The molecule has 0 bridgehead atoms. The first kappa shape index (κ1) is 16.6. The molecule has 1 fully saturated rings. The smallest absolute Gasteiger partial charge is 0.177 e. The van der Waals surface area contributed by atoms with E-state index in [-0.39, 0.29) is 6.23 Å². The zero-order valence-electron chi connectivity index (χ0n) is 15.0. The molecule has 0 aliphatic carbocycles. The Hall–Kier alpha value is -2.86. The lowest BCUT2D eigenvalue weighted by molar-refractivity contribution is 0.110. The number of para-hydroxylation sites is 2. The van der Waals surface area contributed by atoms with Crippen molar-refractivity contribution in [3.05, 3.63) is 71.5 Å². The second-order valence-corrected chi connectivity index (χ2v) is 6.42. The Labute approximate surface area is 153 Å². The number of nitrogens with zero attached hydrogens (tertiary/aromatic N) is 4. The minimum atomic E-state index is -0.252. The second-order valence-electron chi connectivity index (χ2n) is 6.42. The molecule has 3 aromatic rings. The van der Waals surface area contributed by atoms with Crippen LogP contribution in [0, 0.1) is 6.92 Å². The standard InChI is InChI=1S/C20H22N4O2/c1-15-6-5-7-16(12-15)13-23-14-17(21-22-23)20-24(10-11-26-20)18-8-3-4-9-19(18)25-2/h3-9,12,14,20H,10-11,13H2,1-2H3/t20-/m0/s1. The molecule has 134 valence electrons. The van der Waals surface area contributed by atoms with Gasteiger partial charge in [0, 0.05) is 6.54 Å². The molecule has 4 rings (SSSR count). The van der Waals surface area contributed by atoms with Crippen LogP contribution < -0.4 is 9.64 Å². The van der Waals surface area contributed by atoms with Gasteiger partial charge in [0.25, 0.3) is 0 Å². The summed E-state index contributed by atoms with van der Waals surface area (Å²) in [5, 5.41) is 8.64. The van der Waals surface area contributed by atoms with Gasteiger partial charge in [-0.2, -0.15) is 0 Å². The molecule has 0 amide bonds. The van der Waals surface area contributed by atoms with Gasteiger partial charge in [0.15, 0.2) is 6.23 Å². The number of rotatable bonds is 5. The average molecular weight is 350 g/mol. The van der Waals surface area contributed by atoms with Gasteiger partial charge in [0.1, 0.15) is 11.4 Å². The van der Waals surface area contributed by atoms with E-state index in [1.165, 1.54) is 11.1 Å². The lowest BCUT2D eigenvalue weighted by atomic mass is 10.1. The number of aryl methyl sites for hydroxylation is 1. The third kappa shape index (κ3) is 3.28. The van der Waals surface area contributed by atoms with Crippen molar-refractivity contribution < 1.29 is 9.47 Å². The number of aromatic nitrogens is 3. The number of methoxy groups -OCH3 is 1. The van der Waals surface area contributed by atoms with Crippen molar-refractivity contribution in [1.29, 1.82) is 0 Å². The van der Waals surface area contributed by atoms with E-state index >= 15 is 0 Å². The van der Waals surface area contributed by atoms with E-state index in [2.05, 4.69) is 46.4 Å². The maximum atomic E-state index is 5.94. The third-order valence-electron chi connectivity index (χ3n) is 4.52. The van der Waals surface area contributed by atoms with Gasteiger partial charge in [-0.05, 0) is 24.6 Å². The lowest BCUT2D eigenvalue weighted by Gasteiger charge is -2.25. The van der Waals surface area contributed by atoms with Gasteiger partial charge in [0.2, 0.25) is 0 Å². The van der Waals surface area contributed by atoms with Crippen molar-refractivity contribution in [2.24, 2.45) is 0 Å². The van der Waals surface area contributed by atoms with Crippen LogP contribution in [0.3, 0.4) is 0 Å². The highest BCUT2D eigenvalue weighted by molar-refractivity contribution is 5.59. The highest BCUT2D eigenvalue weighted by atomic mass is 16.5. The summed E-state index contributed by atoms with van der Waals surface area (Å²) < 4.78 is 13.3. The number of ether oxygens (including phenoxy) is 2. The van der Waals surface area contributed by atoms with Gasteiger partial charge in [-0.15, -0.1) is 5.10 Å². The number of benzene rings is 2. The first-order valence-corrected chi connectivity index (χ1v) is 8.71. The minimum absolute atomic E-state index is 0.252. The Morgan fingerprint density at radius 3 is 2.92 bits per heavy atom. The zero-order valence-corrected chi connectivity index (χ0v) is 15.0. The highest BCUT2D eigenvalue weighted by Gasteiger charge is 2.31. The summed E-state index contributed by atoms with van der Waals surface area (Å²) in [5.41, 5.74) is 4.26. The van der Waals surface area contributed by atoms with Crippen LogP contribution in [0.15, 0.2) is 54.7 Å². The van der Waals surface area contributed by atoms with Crippen LogP contribution in [0.5, 0.6) is 5.75 Å². The predicted octanol–water partition coefficient (Wildman–Crippen LogP) is 3.18. The fourth-order valence-electron chi connectivity index (χ4n) is 3.33. The van der Waals surface area contributed by atoms with Crippen molar-refractivity contribution in [2.45, 2.75) is 19.7 Å². The van der Waals surface area contributed by atoms with Crippen molar-refractivity contribution in [2.75, 3.05) is 25.2 Å². The van der Waals surface area contributed by atoms with Gasteiger partial charge in [-0.1, -0.05) is 47.2 Å². The molecule has 1 atom stereocenters. The maximum Gasteiger partial charge on any atom is 0.177 e. The topological polar surface area (TPSA) is 52.4 Å². The molecule has 0 N–H and O–H groups in total. The molecule has 1 aromatic heterocycles. The fourth-order valence-corrected chi connectivity index (χ4v) is 3.33. The minimum Gasteiger partial charge on any atom is -0.495 e. The van der Waals surface area contributed by atoms with Crippen molar-refractivity contribution in [1.82, 2.24) is 15.0 Å². The Kier molecular flexibility index (Phi) is 4.58. The Balaban J connectivity index is 1.56. The van der Waals surface area contributed by atoms with Crippen LogP contribution in [0.1, 0.15) is 23.0 Å². The van der Waals surface area contributed by atoms with Gasteiger partial charge >= 0.3 is 0 Å². The molecular formula is C20H22N4O2. The first-order valence-electron chi connectivity index (χ1n) is 8.71. The normalized spacial score (nSPS) is 16.8. The van der Waals surface area contributed by atoms with E-state index in [1.54, 1.807) is 7.11 Å². The van der Waals surface area contributed by atoms with Gasteiger partial charge < -0.3 is 14.4 Å². The highest BCUT2D eigenvalue weighted by Crippen LogP contribution is 2.36. The summed E-state index contributed by atoms with van der Waals surface area (Å²) >= 11 is 0. The molecule has 1 aliphatic rings. The summed E-state index contributed by atoms with van der Waals surface area (Å²) in [5.74, 6) is 0.829. The molecule has 0 spiro atoms. The van der Waals surface area contributed by atoms with Crippen LogP contribution in [-0.4, -0.2) is 35.3 Å². The second kappa shape index (κ2) is 7.17. The maximum absolute atomic E-state index is 5.94. The molecule has 6 nitrogen and oxygen atoms in total. The van der Waals surface area contributed by atoms with Crippen LogP contribution in [0.25, 0.3) is 0 Å². The van der Waals surface area contributed by atoms with E-state index in [1.807, 2.05) is 35.1 Å². The van der Waals surface area contributed by atoms with Crippen LogP contribution >= 0.6 is 0 Å². The molecule has 1 aliphatic heterocycles. The predicted molar refractivity (Wildman–Crippen MR) is 99.3 cm³/mol. The molecule has 26 heavy (non-hydrogen) atoms. The summed E-state index contributed by atoms with van der Waals surface area (Å²) in [7, 11) is 1.68. The third-order valence-corrected chi connectivity index (χ3v) is 4.52. The largest absolute Gasteiger partial charge is 0.495 e.